The number of carbonyl (C=O) groups excluding carboxylic acids is 1. The van der Waals surface area contributed by atoms with Crippen LogP contribution in [0.15, 0.2) is 16.7 Å². The summed E-state index contributed by atoms with van der Waals surface area (Å²) >= 11 is 0. The molecule has 9 heteroatoms. The molecule has 8 nitrogen and oxygen atoms in total. The average Bonchev–Trinajstić information content (AvgIpc) is 3.01. The van der Waals surface area contributed by atoms with Gasteiger partial charge in [-0.2, -0.15) is 17.0 Å². The van der Waals surface area contributed by atoms with E-state index in [1.165, 1.54) is 10.6 Å². The van der Waals surface area contributed by atoms with Gasteiger partial charge in [0.15, 0.2) is 5.76 Å². The Morgan fingerprint density at radius 3 is 2.04 bits per heavy atom. The van der Waals surface area contributed by atoms with Crippen LogP contribution in [0.2, 0.25) is 0 Å². The van der Waals surface area contributed by atoms with Crippen LogP contribution >= 0.6 is 0 Å². The first kappa shape index (κ1) is 17.4. The van der Waals surface area contributed by atoms with Gasteiger partial charge in [0.05, 0.1) is 6.26 Å². The SMILES string of the molecule is Cc1ccoc1C(=O)N1CCN(S(=O)(=O)N2CCN(C)CC2)CC1. The largest absolute Gasteiger partial charge is 0.459 e. The van der Waals surface area contributed by atoms with Gasteiger partial charge in [0.2, 0.25) is 0 Å². The van der Waals surface area contributed by atoms with Crippen molar-refractivity contribution in [2.75, 3.05) is 59.4 Å². The summed E-state index contributed by atoms with van der Waals surface area (Å²) in [5, 5.41) is 0. The first-order valence-corrected chi connectivity index (χ1v) is 9.56. The van der Waals surface area contributed by atoms with E-state index in [0.717, 1.165) is 18.7 Å². The predicted molar refractivity (Wildman–Crippen MR) is 88.9 cm³/mol. The summed E-state index contributed by atoms with van der Waals surface area (Å²) < 4.78 is 33.7. The van der Waals surface area contributed by atoms with Crippen LogP contribution in [0, 0.1) is 6.92 Å². The van der Waals surface area contributed by atoms with E-state index in [1.54, 1.807) is 15.3 Å². The molecule has 0 unspecified atom stereocenters. The first-order valence-electron chi connectivity index (χ1n) is 8.17. The van der Waals surface area contributed by atoms with E-state index in [9.17, 15) is 13.2 Å². The molecule has 1 amide bonds. The fourth-order valence-corrected chi connectivity index (χ4v) is 4.62. The van der Waals surface area contributed by atoms with Gasteiger partial charge in [-0.05, 0) is 20.0 Å². The number of rotatable bonds is 3. The Kier molecular flexibility index (Phi) is 4.95. The number of nitrogens with zero attached hydrogens (tertiary/aromatic N) is 4. The van der Waals surface area contributed by atoms with Crippen molar-refractivity contribution in [1.82, 2.24) is 18.4 Å². The molecule has 3 rings (SSSR count). The highest BCUT2D eigenvalue weighted by atomic mass is 32.2. The summed E-state index contributed by atoms with van der Waals surface area (Å²) in [5.41, 5.74) is 0.799. The average molecular weight is 356 g/mol. The van der Waals surface area contributed by atoms with E-state index in [4.69, 9.17) is 4.42 Å². The molecule has 0 radical (unpaired) electrons. The van der Waals surface area contributed by atoms with Crippen molar-refractivity contribution >= 4 is 16.1 Å². The Labute approximate surface area is 142 Å². The van der Waals surface area contributed by atoms with Crippen molar-refractivity contribution in [3.63, 3.8) is 0 Å². The van der Waals surface area contributed by atoms with E-state index in [0.29, 0.717) is 45.0 Å². The second-order valence-electron chi connectivity index (χ2n) is 6.33. The quantitative estimate of drug-likeness (QED) is 0.752. The van der Waals surface area contributed by atoms with Gasteiger partial charge in [-0.15, -0.1) is 0 Å². The number of carbonyl (C=O) groups is 1. The van der Waals surface area contributed by atoms with Crippen molar-refractivity contribution in [1.29, 1.82) is 0 Å². The van der Waals surface area contributed by atoms with Gasteiger partial charge in [0.1, 0.15) is 0 Å². The third-order valence-electron chi connectivity index (χ3n) is 4.70. The fourth-order valence-electron chi connectivity index (χ4n) is 3.04. The summed E-state index contributed by atoms with van der Waals surface area (Å²) in [6.07, 6.45) is 1.50. The molecule has 0 saturated carbocycles. The highest BCUT2D eigenvalue weighted by molar-refractivity contribution is 7.86. The Morgan fingerprint density at radius 2 is 1.54 bits per heavy atom. The summed E-state index contributed by atoms with van der Waals surface area (Å²) in [4.78, 5) is 16.2. The predicted octanol–water partition coefficient (Wildman–Crippen LogP) is -0.162. The second kappa shape index (κ2) is 6.83. The zero-order valence-corrected chi connectivity index (χ0v) is 15.0. The van der Waals surface area contributed by atoms with E-state index in [-0.39, 0.29) is 5.91 Å². The molecule has 0 aliphatic carbocycles. The standard InChI is InChI=1S/C15H24N4O4S/c1-13-3-12-23-14(13)15(20)17-6-10-19(11-7-17)24(21,22)18-8-4-16(2)5-9-18/h3,12H,4-11H2,1-2H3. The summed E-state index contributed by atoms with van der Waals surface area (Å²) in [5.74, 6) is 0.166. The zero-order chi connectivity index (χ0) is 17.3. The van der Waals surface area contributed by atoms with Gasteiger partial charge in [0.25, 0.3) is 16.1 Å². The molecule has 1 aromatic rings. The molecule has 0 spiro atoms. The lowest BCUT2D eigenvalue weighted by Gasteiger charge is -2.38. The van der Waals surface area contributed by atoms with Crippen LogP contribution in [-0.2, 0) is 10.2 Å². The van der Waals surface area contributed by atoms with Crippen LogP contribution in [-0.4, -0.2) is 92.1 Å². The molecule has 134 valence electrons. The van der Waals surface area contributed by atoms with E-state index < -0.39 is 10.2 Å². The lowest BCUT2D eigenvalue weighted by Crippen LogP contribution is -2.57. The molecule has 1 aromatic heterocycles. The number of aryl methyl sites for hydroxylation is 1. The smallest absolute Gasteiger partial charge is 0.289 e. The van der Waals surface area contributed by atoms with Gasteiger partial charge in [-0.3, -0.25) is 4.79 Å². The highest BCUT2D eigenvalue weighted by Gasteiger charge is 2.35. The number of hydrogen-bond donors (Lipinski definition) is 0. The normalized spacial score (nSPS) is 22.0. The molecule has 0 N–H and O–H groups in total. The number of amides is 1. The molecule has 2 aliphatic heterocycles. The van der Waals surface area contributed by atoms with Crippen LogP contribution in [0.5, 0.6) is 0 Å². The summed E-state index contributed by atoms with van der Waals surface area (Å²) in [6.45, 7) is 5.75. The second-order valence-corrected chi connectivity index (χ2v) is 8.26. The Morgan fingerprint density at radius 1 is 1.00 bits per heavy atom. The molecule has 2 aliphatic rings. The maximum Gasteiger partial charge on any atom is 0.289 e. The fraction of sp³-hybridized carbons (Fsp3) is 0.667. The van der Waals surface area contributed by atoms with Crippen molar-refractivity contribution in [3.8, 4) is 0 Å². The Balaban J connectivity index is 1.60. The van der Waals surface area contributed by atoms with Crippen LogP contribution in [0.3, 0.4) is 0 Å². The van der Waals surface area contributed by atoms with Crippen molar-refractivity contribution in [2.45, 2.75) is 6.92 Å². The van der Waals surface area contributed by atoms with Gasteiger partial charge < -0.3 is 14.2 Å². The number of furan rings is 1. The first-order chi connectivity index (χ1) is 11.4. The molecular formula is C15H24N4O4S. The third-order valence-corrected chi connectivity index (χ3v) is 6.73. The minimum atomic E-state index is -3.44. The van der Waals surface area contributed by atoms with Crippen LogP contribution < -0.4 is 0 Å². The van der Waals surface area contributed by atoms with E-state index in [2.05, 4.69) is 4.90 Å². The van der Waals surface area contributed by atoms with Gasteiger partial charge in [-0.1, -0.05) is 0 Å². The molecule has 3 heterocycles. The van der Waals surface area contributed by atoms with Gasteiger partial charge >= 0.3 is 0 Å². The lowest BCUT2D eigenvalue weighted by molar-refractivity contribution is 0.0659. The van der Waals surface area contributed by atoms with Crippen LogP contribution in [0.25, 0.3) is 0 Å². The Hall–Kier alpha value is -1.42. The summed E-state index contributed by atoms with van der Waals surface area (Å²) in [7, 11) is -1.45. The number of likely N-dealkylation sites (N-methyl/N-ethyl adjacent to an activating group) is 1. The summed E-state index contributed by atoms with van der Waals surface area (Å²) in [6, 6.07) is 1.75. The van der Waals surface area contributed by atoms with Crippen molar-refractivity contribution in [2.24, 2.45) is 0 Å². The van der Waals surface area contributed by atoms with Crippen LogP contribution in [0.4, 0.5) is 0 Å². The molecule has 2 saturated heterocycles. The van der Waals surface area contributed by atoms with E-state index in [1.807, 2.05) is 14.0 Å². The topological polar surface area (TPSA) is 77.3 Å². The number of hydrogen-bond acceptors (Lipinski definition) is 5. The zero-order valence-electron chi connectivity index (χ0n) is 14.1. The van der Waals surface area contributed by atoms with Crippen molar-refractivity contribution < 1.29 is 17.6 Å². The lowest BCUT2D eigenvalue weighted by atomic mass is 10.2. The maximum absolute atomic E-state index is 12.7. The minimum Gasteiger partial charge on any atom is -0.459 e. The minimum absolute atomic E-state index is 0.172. The van der Waals surface area contributed by atoms with Gasteiger partial charge in [-0.25, -0.2) is 0 Å². The number of piperazine rings is 2. The molecular weight excluding hydrogens is 332 g/mol. The third kappa shape index (κ3) is 3.34. The molecule has 0 bridgehead atoms. The maximum atomic E-state index is 12.7. The van der Waals surface area contributed by atoms with Crippen molar-refractivity contribution in [3.05, 3.63) is 23.7 Å². The molecule has 0 atom stereocenters. The Bertz CT molecular complexity index is 686. The van der Waals surface area contributed by atoms with Gasteiger partial charge in [0, 0.05) is 57.9 Å². The van der Waals surface area contributed by atoms with Crippen LogP contribution in [0.1, 0.15) is 16.1 Å². The molecule has 2 fully saturated rings. The monoisotopic (exact) mass is 356 g/mol. The molecule has 24 heavy (non-hydrogen) atoms. The molecule has 0 aromatic carbocycles. The van der Waals surface area contributed by atoms with E-state index >= 15 is 0 Å². The highest BCUT2D eigenvalue weighted by Crippen LogP contribution is 2.17.